The lowest BCUT2D eigenvalue weighted by Crippen LogP contribution is -2.18. The second-order valence-electron chi connectivity index (χ2n) is 9.90. The second kappa shape index (κ2) is 12.6. The molecule has 4 aromatic rings. The number of ether oxygens (including phenoxy) is 2. The summed E-state index contributed by atoms with van der Waals surface area (Å²) in [6, 6.07) is 10.2. The normalized spacial score (nSPS) is 12.0. The average Bonchev–Trinajstić information content (AvgIpc) is 3.47. The lowest BCUT2D eigenvalue weighted by Gasteiger charge is -2.15. The first kappa shape index (κ1) is 27.9. The number of esters is 1. The number of anilines is 2. The van der Waals surface area contributed by atoms with Gasteiger partial charge in [-0.1, -0.05) is 23.8 Å². The van der Waals surface area contributed by atoms with E-state index >= 15 is 0 Å². The zero-order valence-electron chi connectivity index (χ0n) is 23.1. The molecule has 1 aromatic carbocycles. The molecule has 0 bridgehead atoms. The fourth-order valence-electron chi connectivity index (χ4n) is 4.74. The summed E-state index contributed by atoms with van der Waals surface area (Å²) in [5.74, 6) is -0.802. The monoisotopic (exact) mass is 531 g/mol. The number of aromatic nitrogens is 3. The lowest BCUT2D eigenvalue weighted by molar-refractivity contribution is -0.117. The van der Waals surface area contributed by atoms with Gasteiger partial charge in [-0.05, 0) is 50.8 Å². The fraction of sp³-hybridized carbons (Fsp3) is 0.367. The number of aryl methyl sites for hydroxylation is 2. The van der Waals surface area contributed by atoms with Crippen LogP contribution in [0.25, 0.3) is 21.9 Å². The molecule has 0 spiro atoms. The summed E-state index contributed by atoms with van der Waals surface area (Å²) in [7, 11) is 2.88. The Hall–Kier alpha value is -4.11. The predicted octanol–water partition coefficient (Wildman–Crippen LogP) is 5.68. The number of pyridine rings is 1. The van der Waals surface area contributed by atoms with Gasteiger partial charge in [-0.25, -0.2) is 9.78 Å². The summed E-state index contributed by atoms with van der Waals surface area (Å²) in [5, 5.41) is 8.22. The van der Waals surface area contributed by atoms with Gasteiger partial charge in [0, 0.05) is 42.2 Å². The van der Waals surface area contributed by atoms with E-state index in [4.69, 9.17) is 14.5 Å². The maximum absolute atomic E-state index is 13.1. The summed E-state index contributed by atoms with van der Waals surface area (Å²) in [5.41, 5.74) is 5.36. The third kappa shape index (κ3) is 6.49. The number of hydrogen-bond acceptors (Lipinski definition) is 6. The smallest absolute Gasteiger partial charge is 0.356 e. The van der Waals surface area contributed by atoms with E-state index in [1.807, 2.05) is 42.0 Å². The van der Waals surface area contributed by atoms with Gasteiger partial charge in [0.1, 0.15) is 5.65 Å². The van der Waals surface area contributed by atoms with Crippen LogP contribution in [0, 0.1) is 0 Å². The Morgan fingerprint density at radius 1 is 1.18 bits per heavy atom. The highest BCUT2D eigenvalue weighted by atomic mass is 16.5. The van der Waals surface area contributed by atoms with Crippen LogP contribution in [0.3, 0.4) is 0 Å². The van der Waals surface area contributed by atoms with Crippen LogP contribution in [0.2, 0.25) is 0 Å². The Morgan fingerprint density at radius 3 is 2.72 bits per heavy atom. The number of nitrogens with one attached hydrogen (secondary N) is 3. The van der Waals surface area contributed by atoms with Crippen LogP contribution in [0.5, 0.6) is 0 Å². The summed E-state index contributed by atoms with van der Waals surface area (Å²) < 4.78 is 12.1. The quantitative estimate of drug-likeness (QED) is 0.151. The van der Waals surface area contributed by atoms with Crippen LogP contribution in [-0.2, 0) is 27.2 Å². The van der Waals surface area contributed by atoms with Crippen LogP contribution in [-0.4, -0.2) is 53.3 Å². The van der Waals surface area contributed by atoms with Gasteiger partial charge in [-0.15, -0.1) is 6.58 Å². The third-order valence-corrected chi connectivity index (χ3v) is 6.77. The van der Waals surface area contributed by atoms with E-state index in [1.54, 1.807) is 13.3 Å². The van der Waals surface area contributed by atoms with Crippen LogP contribution in [0.1, 0.15) is 49.2 Å². The Morgan fingerprint density at radius 2 is 1.97 bits per heavy atom. The van der Waals surface area contributed by atoms with Crippen LogP contribution >= 0.6 is 0 Å². The van der Waals surface area contributed by atoms with Crippen molar-refractivity contribution in [1.82, 2.24) is 14.5 Å². The van der Waals surface area contributed by atoms with Gasteiger partial charge in [0.25, 0.3) is 0 Å². The first-order valence-electron chi connectivity index (χ1n) is 13.2. The molecule has 1 amide bonds. The van der Waals surface area contributed by atoms with E-state index in [0.29, 0.717) is 29.7 Å². The molecule has 9 heteroatoms. The number of para-hydroxylation sites is 1. The van der Waals surface area contributed by atoms with E-state index in [2.05, 4.69) is 35.2 Å². The van der Waals surface area contributed by atoms with E-state index in [9.17, 15) is 9.59 Å². The molecule has 1 atom stereocenters. The van der Waals surface area contributed by atoms with Gasteiger partial charge in [-0.2, -0.15) is 0 Å². The number of aromatic amines is 1. The van der Waals surface area contributed by atoms with E-state index in [1.165, 1.54) is 7.11 Å². The van der Waals surface area contributed by atoms with Crippen molar-refractivity contribution in [2.24, 2.45) is 0 Å². The Balaban J connectivity index is 1.75. The van der Waals surface area contributed by atoms with Crippen molar-refractivity contribution in [3.05, 3.63) is 66.1 Å². The number of nitrogens with zero attached hydrogens (tertiary/aromatic N) is 2. The molecule has 0 saturated heterocycles. The number of fused-ring (bicyclic) bond motifs is 2. The summed E-state index contributed by atoms with van der Waals surface area (Å²) in [6.45, 7) is 8.84. The van der Waals surface area contributed by atoms with Crippen molar-refractivity contribution < 1.29 is 19.1 Å². The second-order valence-corrected chi connectivity index (χ2v) is 9.90. The van der Waals surface area contributed by atoms with Crippen LogP contribution in [0.4, 0.5) is 11.4 Å². The first-order chi connectivity index (χ1) is 18.8. The molecule has 3 heterocycles. The topological polar surface area (TPSA) is 110 Å². The molecule has 0 saturated carbocycles. The Labute approximate surface area is 228 Å². The summed E-state index contributed by atoms with van der Waals surface area (Å²) in [4.78, 5) is 34.0. The summed E-state index contributed by atoms with van der Waals surface area (Å²) >= 11 is 0. The molecule has 0 aliphatic rings. The molecule has 0 fully saturated rings. The van der Waals surface area contributed by atoms with Crippen molar-refractivity contribution >= 4 is 45.2 Å². The molecule has 0 aliphatic carbocycles. The Bertz CT molecular complexity index is 1490. The standard InChI is InChI=1S/C30H37N5O4/c1-19(2)10-11-20(3)33-22-16-24-27(34-26(36)13-15-38-4)28(30(37)39-5)35(29(24)32-18-22)14-12-21-17-31-25-9-7-6-8-23(21)25/h6-9,16-18,20,31,33H,1,10-15H2,2-5H3,(H,34,36)/t20-/m0/s1. The minimum absolute atomic E-state index is 0.155. The van der Waals surface area contributed by atoms with Crippen molar-refractivity contribution in [3.63, 3.8) is 0 Å². The molecule has 0 aliphatic heterocycles. The number of methoxy groups -OCH3 is 2. The minimum atomic E-state index is -0.543. The molecule has 9 nitrogen and oxygen atoms in total. The molecular weight excluding hydrogens is 494 g/mol. The maximum Gasteiger partial charge on any atom is 0.356 e. The average molecular weight is 532 g/mol. The van der Waals surface area contributed by atoms with Crippen molar-refractivity contribution in [1.29, 1.82) is 0 Å². The molecule has 0 unspecified atom stereocenters. The van der Waals surface area contributed by atoms with Crippen LogP contribution < -0.4 is 10.6 Å². The highest BCUT2D eigenvalue weighted by molar-refractivity contribution is 6.11. The van der Waals surface area contributed by atoms with Gasteiger partial charge in [-0.3, -0.25) is 4.79 Å². The van der Waals surface area contributed by atoms with Gasteiger partial charge in [0.05, 0.1) is 37.7 Å². The zero-order valence-corrected chi connectivity index (χ0v) is 23.1. The molecule has 3 aromatic heterocycles. The van der Waals surface area contributed by atoms with Gasteiger partial charge in [0.15, 0.2) is 5.69 Å². The van der Waals surface area contributed by atoms with Crippen molar-refractivity contribution in [3.8, 4) is 0 Å². The predicted molar refractivity (Wildman–Crippen MR) is 155 cm³/mol. The highest BCUT2D eigenvalue weighted by Gasteiger charge is 2.26. The maximum atomic E-state index is 13.1. The Kier molecular flexibility index (Phi) is 9.03. The molecule has 4 rings (SSSR count). The summed E-state index contributed by atoms with van der Waals surface area (Å²) in [6.07, 6.45) is 6.40. The van der Waals surface area contributed by atoms with Gasteiger partial charge >= 0.3 is 5.97 Å². The van der Waals surface area contributed by atoms with Gasteiger partial charge in [0.2, 0.25) is 5.91 Å². The molecular formula is C30H37N5O4. The van der Waals surface area contributed by atoms with Crippen molar-refractivity contribution in [2.45, 2.75) is 52.1 Å². The first-order valence-corrected chi connectivity index (χ1v) is 13.2. The number of carbonyl (C=O) groups excluding carboxylic acids is 2. The minimum Gasteiger partial charge on any atom is -0.464 e. The van der Waals surface area contributed by atoms with E-state index in [-0.39, 0.29) is 30.7 Å². The van der Waals surface area contributed by atoms with Crippen molar-refractivity contribution in [2.75, 3.05) is 31.5 Å². The number of carbonyl (C=O) groups is 2. The SMILES string of the molecule is C=C(C)CC[C@H](C)Nc1cnc2c(c1)c(NC(=O)CCOC)c(C(=O)OC)n2CCc1c[nH]c2ccccc12. The number of amides is 1. The molecule has 206 valence electrons. The molecule has 3 N–H and O–H groups in total. The largest absolute Gasteiger partial charge is 0.464 e. The number of H-pyrrole nitrogens is 1. The van der Waals surface area contributed by atoms with E-state index in [0.717, 1.165) is 40.6 Å². The molecule has 39 heavy (non-hydrogen) atoms. The zero-order chi connectivity index (χ0) is 27.9. The highest BCUT2D eigenvalue weighted by Crippen LogP contribution is 2.33. The third-order valence-electron chi connectivity index (χ3n) is 6.77. The lowest BCUT2D eigenvalue weighted by atomic mass is 10.1. The van der Waals surface area contributed by atoms with Crippen LogP contribution in [0.15, 0.2) is 54.9 Å². The van der Waals surface area contributed by atoms with Gasteiger partial charge < -0.3 is 29.7 Å². The molecule has 0 radical (unpaired) electrons. The number of allylic oxidation sites excluding steroid dienone is 1. The number of benzene rings is 1. The number of rotatable bonds is 13. The number of hydrogen-bond donors (Lipinski definition) is 3. The fourth-order valence-corrected chi connectivity index (χ4v) is 4.74. The van der Waals surface area contributed by atoms with E-state index < -0.39 is 5.97 Å².